The average molecular weight is 271 g/mol. The molecule has 0 radical (unpaired) electrons. The summed E-state index contributed by atoms with van der Waals surface area (Å²) >= 11 is 2.29. The molecule has 0 fully saturated rings. The van der Waals surface area contributed by atoms with Crippen LogP contribution in [-0.2, 0) is 0 Å². The number of tetrazole rings is 1. The van der Waals surface area contributed by atoms with Crippen LogP contribution in [0, 0.1) is 0 Å². The highest BCUT2D eigenvalue weighted by Gasteiger charge is 2.12. The van der Waals surface area contributed by atoms with Crippen LogP contribution >= 0.6 is 23.1 Å². The molecule has 7 nitrogen and oxygen atoms in total. The molecule has 1 N–H and O–H groups in total. The van der Waals surface area contributed by atoms with E-state index in [0.29, 0.717) is 9.50 Å². The zero-order valence-electron chi connectivity index (χ0n) is 9.06. The van der Waals surface area contributed by atoms with E-state index in [-0.39, 0.29) is 10.9 Å². The molecule has 0 saturated heterocycles. The summed E-state index contributed by atoms with van der Waals surface area (Å²) in [4.78, 5) is 16.3. The summed E-state index contributed by atoms with van der Waals surface area (Å²) in [5.41, 5.74) is 0. The van der Waals surface area contributed by atoms with Crippen LogP contribution in [-0.4, -0.2) is 36.3 Å². The fourth-order valence-corrected chi connectivity index (χ4v) is 2.56. The largest absolute Gasteiger partial charge is 0.477 e. The lowest BCUT2D eigenvalue weighted by molar-refractivity contribution is 0.0702. The Hall–Kier alpha value is -1.48. The summed E-state index contributed by atoms with van der Waals surface area (Å²) in [5, 5.41) is 21.1. The van der Waals surface area contributed by atoms with E-state index in [4.69, 9.17) is 5.11 Å². The fraction of sp³-hybridized carbons (Fsp3) is 0.375. The third-order valence-corrected chi connectivity index (χ3v) is 3.65. The van der Waals surface area contributed by atoms with Crippen molar-refractivity contribution in [2.45, 2.75) is 29.4 Å². The first kappa shape index (κ1) is 12.0. The molecule has 17 heavy (non-hydrogen) atoms. The zero-order valence-corrected chi connectivity index (χ0v) is 10.7. The summed E-state index contributed by atoms with van der Waals surface area (Å²) in [5.74, 6) is -0.979. The number of hydrogen-bond donors (Lipinski definition) is 1. The highest BCUT2D eigenvalue weighted by atomic mass is 32.2. The monoisotopic (exact) mass is 271 g/mol. The molecule has 0 aliphatic heterocycles. The predicted octanol–water partition coefficient (Wildman–Crippen LogP) is 1.56. The molecule has 0 atom stereocenters. The molecule has 0 bridgehead atoms. The van der Waals surface area contributed by atoms with Gasteiger partial charge in [0.1, 0.15) is 4.88 Å². The molecular formula is C8H9N5O2S2. The molecule has 0 aliphatic rings. The maximum atomic E-state index is 10.7. The van der Waals surface area contributed by atoms with Gasteiger partial charge in [0, 0.05) is 0 Å². The van der Waals surface area contributed by atoms with Crippen molar-refractivity contribution in [3.8, 4) is 0 Å². The predicted molar refractivity (Wildman–Crippen MR) is 61.4 cm³/mol. The molecule has 0 unspecified atom stereocenters. The SMILES string of the molecule is CC(C)n1nnc(Sc2ncc(C(=O)O)s2)n1. The second kappa shape index (κ2) is 4.80. The van der Waals surface area contributed by atoms with E-state index < -0.39 is 5.97 Å². The van der Waals surface area contributed by atoms with Gasteiger partial charge in [-0.2, -0.15) is 4.80 Å². The normalized spacial score (nSPS) is 11.0. The first-order valence-electron chi connectivity index (χ1n) is 4.72. The van der Waals surface area contributed by atoms with Gasteiger partial charge >= 0.3 is 5.97 Å². The minimum Gasteiger partial charge on any atom is -0.477 e. The molecule has 0 amide bonds. The van der Waals surface area contributed by atoms with Crippen molar-refractivity contribution in [3.05, 3.63) is 11.1 Å². The first-order chi connectivity index (χ1) is 8.06. The molecule has 2 aromatic rings. The Balaban J connectivity index is 2.11. The number of aromatic carboxylic acids is 1. The third kappa shape index (κ3) is 2.80. The van der Waals surface area contributed by atoms with Crippen LogP contribution < -0.4 is 0 Å². The van der Waals surface area contributed by atoms with E-state index >= 15 is 0 Å². The number of carboxylic acid groups (broad SMARTS) is 1. The maximum absolute atomic E-state index is 10.7. The van der Waals surface area contributed by atoms with Crippen molar-refractivity contribution in [1.82, 2.24) is 25.2 Å². The molecule has 0 aliphatic carbocycles. The molecule has 2 heterocycles. The van der Waals surface area contributed by atoms with Crippen LogP contribution in [0.25, 0.3) is 0 Å². The van der Waals surface area contributed by atoms with Crippen LogP contribution in [0.2, 0.25) is 0 Å². The van der Waals surface area contributed by atoms with Gasteiger partial charge in [0.25, 0.3) is 0 Å². The van der Waals surface area contributed by atoms with E-state index in [9.17, 15) is 4.79 Å². The Labute approximate surface area is 105 Å². The summed E-state index contributed by atoms with van der Waals surface area (Å²) < 4.78 is 0.589. The van der Waals surface area contributed by atoms with E-state index in [1.807, 2.05) is 13.8 Å². The Morgan fingerprint density at radius 1 is 1.59 bits per heavy atom. The Bertz CT molecular complexity index is 536. The van der Waals surface area contributed by atoms with Gasteiger partial charge in [0.05, 0.1) is 12.2 Å². The van der Waals surface area contributed by atoms with Crippen LogP contribution in [0.3, 0.4) is 0 Å². The Kier molecular flexibility index (Phi) is 3.38. The second-order valence-corrected chi connectivity index (χ2v) is 5.63. The zero-order chi connectivity index (χ0) is 12.4. The van der Waals surface area contributed by atoms with Crippen molar-refractivity contribution in [3.63, 3.8) is 0 Å². The van der Waals surface area contributed by atoms with Gasteiger partial charge in [-0.1, -0.05) is 0 Å². The lowest BCUT2D eigenvalue weighted by atomic mass is 10.4. The number of aromatic nitrogens is 5. The van der Waals surface area contributed by atoms with Gasteiger partial charge in [-0.3, -0.25) is 0 Å². The van der Waals surface area contributed by atoms with Gasteiger partial charge in [-0.05, 0) is 30.8 Å². The van der Waals surface area contributed by atoms with Gasteiger partial charge < -0.3 is 5.11 Å². The average Bonchev–Trinajstić information content (AvgIpc) is 2.87. The Morgan fingerprint density at radius 3 is 2.88 bits per heavy atom. The molecule has 2 aromatic heterocycles. The van der Waals surface area contributed by atoms with Crippen LogP contribution in [0.1, 0.15) is 29.6 Å². The minimum atomic E-state index is -0.979. The molecule has 9 heteroatoms. The van der Waals surface area contributed by atoms with Gasteiger partial charge in [-0.25, -0.2) is 9.78 Å². The van der Waals surface area contributed by atoms with Crippen LogP contribution in [0.15, 0.2) is 15.7 Å². The second-order valence-electron chi connectivity index (χ2n) is 3.38. The number of nitrogens with zero attached hydrogens (tertiary/aromatic N) is 5. The standard InChI is InChI=1S/C8H9N5O2S2/c1-4(2)13-11-7(10-12-13)17-8-9-3-5(16-8)6(14)15/h3-4H,1-2H3,(H,14,15). The van der Waals surface area contributed by atoms with Crippen molar-refractivity contribution in [1.29, 1.82) is 0 Å². The summed E-state index contributed by atoms with van der Waals surface area (Å²) in [6.07, 6.45) is 1.32. The van der Waals surface area contributed by atoms with E-state index in [0.717, 1.165) is 11.3 Å². The van der Waals surface area contributed by atoms with Crippen molar-refractivity contribution >= 4 is 29.1 Å². The summed E-state index contributed by atoms with van der Waals surface area (Å²) in [6, 6.07) is 0.141. The first-order valence-corrected chi connectivity index (χ1v) is 6.36. The van der Waals surface area contributed by atoms with Crippen LogP contribution in [0.4, 0.5) is 0 Å². The van der Waals surface area contributed by atoms with E-state index in [1.165, 1.54) is 22.8 Å². The van der Waals surface area contributed by atoms with Gasteiger partial charge in [0.2, 0.25) is 5.16 Å². The number of carbonyl (C=O) groups is 1. The molecular weight excluding hydrogens is 262 g/mol. The van der Waals surface area contributed by atoms with E-state index in [2.05, 4.69) is 20.4 Å². The lowest BCUT2D eigenvalue weighted by Crippen LogP contribution is -2.04. The molecule has 90 valence electrons. The Morgan fingerprint density at radius 2 is 2.35 bits per heavy atom. The third-order valence-electron chi connectivity index (χ3n) is 1.75. The molecule has 0 aromatic carbocycles. The van der Waals surface area contributed by atoms with E-state index in [1.54, 1.807) is 0 Å². The molecule has 0 saturated carbocycles. The highest BCUT2D eigenvalue weighted by molar-refractivity contribution is 8.00. The molecule has 0 spiro atoms. The number of rotatable bonds is 4. The summed E-state index contributed by atoms with van der Waals surface area (Å²) in [7, 11) is 0. The van der Waals surface area contributed by atoms with Gasteiger partial charge in [-0.15, -0.1) is 21.5 Å². The van der Waals surface area contributed by atoms with Crippen molar-refractivity contribution in [2.75, 3.05) is 0 Å². The quantitative estimate of drug-likeness (QED) is 0.901. The minimum absolute atomic E-state index is 0.141. The lowest BCUT2D eigenvalue weighted by Gasteiger charge is -1.98. The topological polar surface area (TPSA) is 93.8 Å². The molecule has 2 rings (SSSR count). The fourth-order valence-electron chi connectivity index (χ4n) is 0.954. The number of thiazole rings is 1. The summed E-state index contributed by atoms with van der Waals surface area (Å²) in [6.45, 7) is 3.89. The van der Waals surface area contributed by atoms with Gasteiger partial charge in [0.15, 0.2) is 4.34 Å². The van der Waals surface area contributed by atoms with Crippen molar-refractivity contribution in [2.24, 2.45) is 0 Å². The maximum Gasteiger partial charge on any atom is 0.347 e. The number of hydrogen-bond acceptors (Lipinski definition) is 7. The highest BCUT2D eigenvalue weighted by Crippen LogP contribution is 2.28. The van der Waals surface area contributed by atoms with Crippen molar-refractivity contribution < 1.29 is 9.90 Å². The van der Waals surface area contributed by atoms with Crippen LogP contribution in [0.5, 0.6) is 0 Å². The number of carboxylic acids is 1. The smallest absolute Gasteiger partial charge is 0.347 e.